The lowest BCUT2D eigenvalue weighted by atomic mass is 10.0. The highest BCUT2D eigenvalue weighted by atomic mass is 32.2. The van der Waals surface area contributed by atoms with Crippen molar-refractivity contribution in [1.29, 1.82) is 0 Å². The molecule has 6 heteroatoms. The van der Waals surface area contributed by atoms with Gasteiger partial charge in [-0.25, -0.2) is 13.1 Å². The van der Waals surface area contributed by atoms with E-state index in [4.69, 9.17) is 4.42 Å². The van der Waals surface area contributed by atoms with E-state index in [1.807, 2.05) is 27.7 Å². The zero-order chi connectivity index (χ0) is 15.6. The lowest BCUT2D eigenvalue weighted by Crippen LogP contribution is -2.43. The highest BCUT2D eigenvalue weighted by Crippen LogP contribution is 2.27. The SMILES string of the molecule is CCNCc1c(C)oc(C)c1S(=O)(=O)NC(C)(C)CC. The number of rotatable bonds is 7. The Labute approximate surface area is 122 Å². The summed E-state index contributed by atoms with van der Waals surface area (Å²) in [5.74, 6) is 1.09. The predicted octanol–water partition coefficient (Wildman–Crippen LogP) is 2.47. The molecule has 0 bridgehead atoms. The second kappa shape index (κ2) is 6.28. The van der Waals surface area contributed by atoms with Crippen LogP contribution in [0.1, 0.15) is 51.2 Å². The second-order valence-electron chi connectivity index (χ2n) is 5.65. The molecule has 1 aromatic heterocycles. The van der Waals surface area contributed by atoms with Gasteiger partial charge in [-0.3, -0.25) is 0 Å². The summed E-state index contributed by atoms with van der Waals surface area (Å²) in [5.41, 5.74) is 0.232. The maximum absolute atomic E-state index is 12.6. The summed E-state index contributed by atoms with van der Waals surface area (Å²) in [6, 6.07) is 0. The largest absolute Gasteiger partial charge is 0.465 e. The monoisotopic (exact) mass is 302 g/mol. The number of sulfonamides is 1. The van der Waals surface area contributed by atoms with Crippen molar-refractivity contribution in [1.82, 2.24) is 10.0 Å². The molecule has 0 aliphatic heterocycles. The summed E-state index contributed by atoms with van der Waals surface area (Å²) in [7, 11) is -3.58. The van der Waals surface area contributed by atoms with Crippen molar-refractivity contribution in [3.05, 3.63) is 17.1 Å². The van der Waals surface area contributed by atoms with Crippen molar-refractivity contribution in [2.75, 3.05) is 6.54 Å². The maximum atomic E-state index is 12.6. The van der Waals surface area contributed by atoms with Crippen LogP contribution in [0.4, 0.5) is 0 Å². The second-order valence-corrected chi connectivity index (χ2v) is 7.26. The molecule has 116 valence electrons. The summed E-state index contributed by atoms with van der Waals surface area (Å²) in [6.07, 6.45) is 0.713. The Kier molecular flexibility index (Phi) is 5.40. The fraction of sp³-hybridized carbons (Fsp3) is 0.714. The van der Waals surface area contributed by atoms with Gasteiger partial charge in [-0.1, -0.05) is 13.8 Å². The molecule has 0 atom stereocenters. The van der Waals surface area contributed by atoms with E-state index in [2.05, 4.69) is 10.0 Å². The lowest BCUT2D eigenvalue weighted by molar-refractivity contribution is 0.437. The first-order chi connectivity index (χ1) is 9.14. The van der Waals surface area contributed by atoms with E-state index in [1.165, 1.54) is 0 Å². The minimum absolute atomic E-state index is 0.275. The van der Waals surface area contributed by atoms with Crippen molar-refractivity contribution < 1.29 is 12.8 Å². The molecule has 0 aliphatic rings. The fourth-order valence-electron chi connectivity index (χ4n) is 2.00. The van der Waals surface area contributed by atoms with Gasteiger partial charge in [0.05, 0.1) is 0 Å². The van der Waals surface area contributed by atoms with E-state index < -0.39 is 15.6 Å². The Hall–Kier alpha value is -0.850. The van der Waals surface area contributed by atoms with Crippen molar-refractivity contribution >= 4 is 10.0 Å². The average Bonchev–Trinajstić information content (AvgIpc) is 2.60. The molecule has 0 fully saturated rings. The number of nitrogens with one attached hydrogen (secondary N) is 2. The van der Waals surface area contributed by atoms with E-state index in [0.717, 1.165) is 6.54 Å². The minimum Gasteiger partial charge on any atom is -0.465 e. The van der Waals surface area contributed by atoms with Crippen LogP contribution in [0, 0.1) is 13.8 Å². The number of hydrogen-bond acceptors (Lipinski definition) is 4. The Morgan fingerprint density at radius 2 is 1.75 bits per heavy atom. The number of aryl methyl sites for hydroxylation is 2. The van der Waals surface area contributed by atoms with Gasteiger partial charge in [0, 0.05) is 17.6 Å². The molecule has 20 heavy (non-hydrogen) atoms. The predicted molar refractivity (Wildman–Crippen MR) is 80.3 cm³/mol. The van der Waals surface area contributed by atoms with Crippen LogP contribution in [0.5, 0.6) is 0 Å². The highest BCUT2D eigenvalue weighted by molar-refractivity contribution is 7.89. The molecule has 0 spiro atoms. The Bertz CT molecular complexity index is 559. The molecule has 0 radical (unpaired) electrons. The molecule has 2 N–H and O–H groups in total. The van der Waals surface area contributed by atoms with Crippen LogP contribution < -0.4 is 10.0 Å². The Morgan fingerprint density at radius 3 is 2.25 bits per heavy atom. The molecular formula is C14H26N2O3S. The molecule has 1 aromatic rings. The van der Waals surface area contributed by atoms with Gasteiger partial charge in [0.2, 0.25) is 10.0 Å². The van der Waals surface area contributed by atoms with Crippen LogP contribution in [-0.2, 0) is 16.6 Å². The molecule has 0 saturated heterocycles. The van der Waals surface area contributed by atoms with Crippen molar-refractivity contribution in [3.63, 3.8) is 0 Å². The molecule has 0 aliphatic carbocycles. The van der Waals surface area contributed by atoms with Crippen LogP contribution in [0.15, 0.2) is 9.31 Å². The van der Waals surface area contributed by atoms with Gasteiger partial charge >= 0.3 is 0 Å². The highest BCUT2D eigenvalue weighted by Gasteiger charge is 2.31. The van der Waals surface area contributed by atoms with Crippen molar-refractivity contribution in [3.8, 4) is 0 Å². The van der Waals surface area contributed by atoms with Gasteiger partial charge in [-0.2, -0.15) is 0 Å². The van der Waals surface area contributed by atoms with Gasteiger partial charge in [-0.05, 0) is 40.7 Å². The summed E-state index contributed by atoms with van der Waals surface area (Å²) >= 11 is 0. The maximum Gasteiger partial charge on any atom is 0.244 e. The average molecular weight is 302 g/mol. The van der Waals surface area contributed by atoms with Gasteiger partial charge in [-0.15, -0.1) is 0 Å². The van der Waals surface area contributed by atoms with E-state index in [-0.39, 0.29) is 4.90 Å². The van der Waals surface area contributed by atoms with Crippen molar-refractivity contribution in [2.24, 2.45) is 0 Å². The van der Waals surface area contributed by atoms with E-state index in [1.54, 1.807) is 13.8 Å². The zero-order valence-electron chi connectivity index (χ0n) is 13.3. The van der Waals surface area contributed by atoms with E-state index in [0.29, 0.717) is 30.0 Å². The van der Waals surface area contributed by atoms with Crippen LogP contribution >= 0.6 is 0 Å². The molecular weight excluding hydrogens is 276 g/mol. The van der Waals surface area contributed by atoms with Crippen LogP contribution in [0.25, 0.3) is 0 Å². The van der Waals surface area contributed by atoms with Crippen LogP contribution in [0.3, 0.4) is 0 Å². The Morgan fingerprint density at radius 1 is 1.15 bits per heavy atom. The first-order valence-corrected chi connectivity index (χ1v) is 8.46. The summed E-state index contributed by atoms with van der Waals surface area (Å²) in [6.45, 7) is 12.4. The standard InChI is InChI=1S/C14H26N2O3S/c1-7-14(5,6)16-20(17,18)13-11(4)19-10(3)12(13)9-15-8-2/h15-16H,7-9H2,1-6H3. The lowest BCUT2D eigenvalue weighted by Gasteiger charge is -2.24. The fourth-order valence-corrected chi connectivity index (χ4v) is 3.94. The van der Waals surface area contributed by atoms with E-state index in [9.17, 15) is 8.42 Å². The topological polar surface area (TPSA) is 71.3 Å². The van der Waals surface area contributed by atoms with Crippen molar-refractivity contribution in [2.45, 2.75) is 64.9 Å². The molecule has 0 aromatic carbocycles. The molecule has 1 heterocycles. The third-order valence-electron chi connectivity index (χ3n) is 3.44. The summed E-state index contributed by atoms with van der Waals surface area (Å²) in [4.78, 5) is 0.275. The van der Waals surface area contributed by atoms with Gasteiger partial charge in [0.1, 0.15) is 16.4 Å². The summed E-state index contributed by atoms with van der Waals surface area (Å²) < 4.78 is 33.5. The smallest absolute Gasteiger partial charge is 0.244 e. The van der Waals surface area contributed by atoms with Gasteiger partial charge < -0.3 is 9.73 Å². The van der Waals surface area contributed by atoms with E-state index >= 15 is 0 Å². The molecule has 5 nitrogen and oxygen atoms in total. The Balaban J connectivity index is 3.24. The normalized spacial score (nSPS) is 12.9. The molecule has 0 amide bonds. The number of furan rings is 1. The molecule has 1 rings (SSSR count). The third-order valence-corrected chi connectivity index (χ3v) is 5.33. The van der Waals surface area contributed by atoms with Crippen LogP contribution in [-0.4, -0.2) is 20.5 Å². The quantitative estimate of drug-likeness (QED) is 0.811. The first-order valence-electron chi connectivity index (χ1n) is 6.98. The summed E-state index contributed by atoms with van der Waals surface area (Å²) in [5, 5.41) is 3.16. The van der Waals surface area contributed by atoms with Gasteiger partial charge in [0.15, 0.2) is 0 Å². The molecule has 0 unspecified atom stereocenters. The third kappa shape index (κ3) is 3.84. The molecule has 0 saturated carbocycles. The zero-order valence-corrected chi connectivity index (χ0v) is 14.1. The first kappa shape index (κ1) is 17.2. The van der Waals surface area contributed by atoms with Gasteiger partial charge in [0.25, 0.3) is 0 Å². The van der Waals surface area contributed by atoms with Crippen LogP contribution in [0.2, 0.25) is 0 Å². The number of hydrogen-bond donors (Lipinski definition) is 2. The minimum atomic E-state index is -3.58.